The van der Waals surface area contributed by atoms with E-state index < -0.39 is 35.0 Å². The number of ether oxygens (including phenoxy) is 1. The van der Waals surface area contributed by atoms with E-state index >= 15 is 0 Å². The third kappa shape index (κ3) is 3.86. The quantitative estimate of drug-likeness (QED) is 0.249. The van der Waals surface area contributed by atoms with E-state index in [1.807, 2.05) is 25.1 Å². The van der Waals surface area contributed by atoms with Crippen LogP contribution in [0, 0.1) is 29.1 Å². The molecule has 2 aliphatic carbocycles. The van der Waals surface area contributed by atoms with E-state index in [9.17, 15) is 24.3 Å². The van der Waals surface area contributed by atoms with Crippen LogP contribution in [0.2, 0.25) is 0 Å². The molecule has 2 aliphatic heterocycles. The fraction of sp³-hybridized carbons (Fsp3) is 0.294. The number of hydrogen-bond donors (Lipinski definition) is 1. The number of para-hydroxylation sites is 2. The number of hydrogen-bond acceptors (Lipinski definition) is 6. The smallest absolute Gasteiger partial charge is 0.241 e. The normalized spacial score (nSPS) is 29.4. The van der Waals surface area contributed by atoms with Gasteiger partial charge in [-0.2, -0.15) is 0 Å². The number of allylic oxidation sites excluding steroid dienone is 2. The van der Waals surface area contributed by atoms with Crippen molar-refractivity contribution in [1.29, 1.82) is 0 Å². The zero-order valence-electron chi connectivity index (χ0n) is 23.9. The minimum absolute atomic E-state index is 0.107. The number of methoxy groups -OCH3 is 1. The van der Waals surface area contributed by atoms with Gasteiger partial charge in [-0.05, 0) is 93.4 Å². The number of carbonyl (C=O) groups excluding carboxylic acids is 4. The van der Waals surface area contributed by atoms with Crippen molar-refractivity contribution in [1.82, 2.24) is 0 Å². The molecular formula is C34H28Br2N2O6. The van der Waals surface area contributed by atoms with E-state index in [1.165, 1.54) is 16.9 Å². The van der Waals surface area contributed by atoms with Gasteiger partial charge >= 0.3 is 0 Å². The van der Waals surface area contributed by atoms with Gasteiger partial charge in [0, 0.05) is 10.4 Å². The molecule has 1 saturated carbocycles. The van der Waals surface area contributed by atoms with Gasteiger partial charge in [-0.25, -0.2) is 4.90 Å². The van der Waals surface area contributed by atoms with E-state index in [1.54, 1.807) is 54.6 Å². The van der Waals surface area contributed by atoms with Gasteiger partial charge in [0.25, 0.3) is 0 Å². The molecule has 2 saturated heterocycles. The molecule has 4 amide bonds. The van der Waals surface area contributed by atoms with Crippen LogP contribution in [-0.4, -0.2) is 35.8 Å². The van der Waals surface area contributed by atoms with Gasteiger partial charge in [-0.3, -0.25) is 24.1 Å². The third-order valence-electron chi connectivity index (χ3n) is 10.0. The Morgan fingerprint density at radius 3 is 2.07 bits per heavy atom. The minimum Gasteiger partial charge on any atom is -0.503 e. The maximum absolute atomic E-state index is 14.6. The van der Waals surface area contributed by atoms with Crippen LogP contribution in [0.4, 0.5) is 11.4 Å². The summed E-state index contributed by atoms with van der Waals surface area (Å²) >= 11 is 7.13. The summed E-state index contributed by atoms with van der Waals surface area (Å²) in [5.74, 6) is -4.23. The first kappa shape index (κ1) is 29.0. The molecule has 0 aromatic heterocycles. The SMILES string of the molecule is COc1cc(C2C3=CCC4C(=O)N(c5ccccc5)C(=O)C4C3CC3C(=O)N(c4ccccc4)C(=O)C32C)c(Br)c(Br)c1O. The Morgan fingerprint density at radius 1 is 0.841 bits per heavy atom. The minimum atomic E-state index is -1.23. The summed E-state index contributed by atoms with van der Waals surface area (Å²) in [6.07, 6.45) is 2.59. The molecule has 10 heteroatoms. The predicted octanol–water partition coefficient (Wildman–Crippen LogP) is 6.36. The highest BCUT2D eigenvalue weighted by Crippen LogP contribution is 2.65. The van der Waals surface area contributed by atoms with E-state index in [-0.39, 0.29) is 41.5 Å². The van der Waals surface area contributed by atoms with Gasteiger partial charge in [-0.15, -0.1) is 0 Å². The van der Waals surface area contributed by atoms with E-state index in [4.69, 9.17) is 4.74 Å². The summed E-state index contributed by atoms with van der Waals surface area (Å²) in [5, 5.41) is 10.8. The second-order valence-electron chi connectivity index (χ2n) is 12.0. The Kier molecular flexibility index (Phi) is 6.86. The van der Waals surface area contributed by atoms with Gasteiger partial charge in [0.1, 0.15) is 0 Å². The van der Waals surface area contributed by atoms with Crippen LogP contribution in [0.3, 0.4) is 0 Å². The summed E-state index contributed by atoms with van der Waals surface area (Å²) in [6.45, 7) is 1.83. The molecule has 0 spiro atoms. The van der Waals surface area contributed by atoms with Crippen molar-refractivity contribution in [2.24, 2.45) is 29.1 Å². The molecule has 3 fully saturated rings. The molecule has 1 N–H and O–H groups in total. The number of carbonyl (C=O) groups is 4. The molecule has 3 aromatic carbocycles. The van der Waals surface area contributed by atoms with Crippen LogP contribution in [0.25, 0.3) is 0 Å². The summed E-state index contributed by atoms with van der Waals surface area (Å²) in [5.41, 5.74) is 1.26. The van der Waals surface area contributed by atoms with E-state index in [0.717, 1.165) is 5.57 Å². The monoisotopic (exact) mass is 718 g/mol. The van der Waals surface area contributed by atoms with Crippen molar-refractivity contribution in [3.63, 3.8) is 0 Å². The summed E-state index contributed by atoms with van der Waals surface area (Å²) in [6, 6.07) is 19.5. The highest BCUT2D eigenvalue weighted by molar-refractivity contribution is 9.13. The maximum Gasteiger partial charge on any atom is 0.241 e. The number of benzene rings is 3. The summed E-state index contributed by atoms with van der Waals surface area (Å²) in [7, 11) is 1.44. The van der Waals surface area contributed by atoms with Crippen LogP contribution >= 0.6 is 31.9 Å². The first-order chi connectivity index (χ1) is 21.1. The van der Waals surface area contributed by atoms with Crippen LogP contribution in [-0.2, 0) is 19.2 Å². The first-order valence-electron chi connectivity index (χ1n) is 14.4. The van der Waals surface area contributed by atoms with Gasteiger partial charge in [0.05, 0.1) is 46.1 Å². The van der Waals surface area contributed by atoms with Crippen molar-refractivity contribution in [3.05, 3.63) is 92.9 Å². The largest absolute Gasteiger partial charge is 0.503 e. The Balaban J connectivity index is 1.42. The zero-order valence-corrected chi connectivity index (χ0v) is 27.0. The van der Waals surface area contributed by atoms with Crippen molar-refractivity contribution >= 4 is 66.9 Å². The van der Waals surface area contributed by atoms with Gasteiger partial charge in [0.15, 0.2) is 11.5 Å². The highest BCUT2D eigenvalue weighted by Gasteiger charge is 2.68. The molecule has 4 aliphatic rings. The number of halogens is 2. The van der Waals surface area contributed by atoms with E-state index in [0.29, 0.717) is 32.3 Å². The molecule has 2 heterocycles. The lowest BCUT2D eigenvalue weighted by Gasteiger charge is -2.49. The number of rotatable bonds is 4. The Hall–Kier alpha value is -3.76. The van der Waals surface area contributed by atoms with Crippen LogP contribution in [0.1, 0.15) is 31.2 Å². The van der Waals surface area contributed by atoms with Crippen LogP contribution < -0.4 is 14.5 Å². The van der Waals surface area contributed by atoms with Gasteiger partial charge in [-0.1, -0.05) is 48.0 Å². The van der Waals surface area contributed by atoms with Gasteiger partial charge in [0.2, 0.25) is 23.6 Å². The van der Waals surface area contributed by atoms with Crippen molar-refractivity contribution in [2.45, 2.75) is 25.7 Å². The Bertz CT molecular complexity index is 1780. The van der Waals surface area contributed by atoms with Crippen LogP contribution in [0.5, 0.6) is 11.5 Å². The number of anilines is 2. The lowest BCUT2D eigenvalue weighted by Crippen LogP contribution is -2.49. The molecule has 224 valence electrons. The summed E-state index contributed by atoms with van der Waals surface area (Å²) in [4.78, 5) is 59.3. The van der Waals surface area contributed by atoms with E-state index in [2.05, 4.69) is 31.9 Å². The van der Waals surface area contributed by atoms with Gasteiger partial charge < -0.3 is 9.84 Å². The second kappa shape index (κ2) is 10.4. The lowest BCUT2D eigenvalue weighted by atomic mass is 9.51. The first-order valence-corrected chi connectivity index (χ1v) is 16.0. The highest BCUT2D eigenvalue weighted by atomic mass is 79.9. The van der Waals surface area contributed by atoms with Crippen molar-refractivity contribution in [2.75, 3.05) is 16.9 Å². The number of amides is 4. The third-order valence-corrected chi connectivity index (χ3v) is 12.2. The van der Waals surface area contributed by atoms with Crippen LogP contribution in [0.15, 0.2) is 87.3 Å². The van der Waals surface area contributed by atoms with Crippen molar-refractivity contribution < 1.29 is 29.0 Å². The molecule has 6 atom stereocenters. The Labute approximate surface area is 270 Å². The maximum atomic E-state index is 14.6. The number of nitrogens with zero attached hydrogens (tertiary/aromatic N) is 2. The topological polar surface area (TPSA) is 104 Å². The molecular weight excluding hydrogens is 692 g/mol. The molecule has 3 aromatic rings. The molecule has 44 heavy (non-hydrogen) atoms. The Morgan fingerprint density at radius 2 is 1.45 bits per heavy atom. The standard InChI is InChI=1S/C34H28Br2N2O6/c1-34-23(31(41)38(33(34)43)18-11-7-4-8-12-18)15-21-19(26(34)22-16-24(44-2)29(39)28(36)27(22)35)13-14-20-25(21)32(42)37(30(20)40)17-9-5-3-6-10-17/h3-13,16,20-21,23,25-26,39H,14-15H2,1-2H3. The second-order valence-corrected chi connectivity index (χ2v) is 13.6. The molecule has 8 nitrogen and oxygen atoms in total. The number of phenols is 1. The average molecular weight is 720 g/mol. The number of aromatic hydroxyl groups is 1. The zero-order chi connectivity index (χ0) is 31.1. The molecule has 0 radical (unpaired) electrons. The molecule has 0 bridgehead atoms. The fourth-order valence-electron chi connectivity index (χ4n) is 7.99. The number of phenolic OH excluding ortho intramolecular Hbond substituents is 1. The fourth-order valence-corrected chi connectivity index (χ4v) is 8.95. The number of fused-ring (bicyclic) bond motifs is 4. The average Bonchev–Trinajstić information content (AvgIpc) is 3.40. The predicted molar refractivity (Wildman–Crippen MR) is 170 cm³/mol. The number of imide groups is 2. The summed E-state index contributed by atoms with van der Waals surface area (Å²) < 4.78 is 6.37. The lowest BCUT2D eigenvalue weighted by molar-refractivity contribution is -0.131. The molecule has 6 unspecified atom stereocenters. The molecule has 7 rings (SSSR count). The van der Waals surface area contributed by atoms with Crippen molar-refractivity contribution in [3.8, 4) is 11.5 Å².